The Balaban J connectivity index is 1.65. The Hall–Kier alpha value is -0.120. The van der Waals surface area contributed by atoms with E-state index >= 15 is 0 Å². The minimum atomic E-state index is 0.496. The SMILES string of the molecule is NC1CC(CN2CCOCC2)C1. The van der Waals surface area contributed by atoms with Crippen LogP contribution in [0.2, 0.25) is 0 Å². The van der Waals surface area contributed by atoms with Crippen LogP contribution in [0.3, 0.4) is 0 Å². The molecular weight excluding hydrogens is 152 g/mol. The summed E-state index contributed by atoms with van der Waals surface area (Å²) >= 11 is 0. The van der Waals surface area contributed by atoms with Gasteiger partial charge >= 0.3 is 0 Å². The first kappa shape index (κ1) is 8.48. The predicted molar refractivity (Wildman–Crippen MR) is 48.0 cm³/mol. The summed E-state index contributed by atoms with van der Waals surface area (Å²) in [6, 6.07) is 0.496. The van der Waals surface area contributed by atoms with E-state index in [4.69, 9.17) is 10.5 Å². The quantitative estimate of drug-likeness (QED) is 0.636. The lowest BCUT2D eigenvalue weighted by molar-refractivity contribution is 0.0221. The molecule has 1 aliphatic carbocycles. The van der Waals surface area contributed by atoms with Gasteiger partial charge in [0.2, 0.25) is 0 Å². The highest BCUT2D eigenvalue weighted by Gasteiger charge is 2.27. The van der Waals surface area contributed by atoms with E-state index in [1.165, 1.54) is 19.4 Å². The van der Waals surface area contributed by atoms with Gasteiger partial charge in [-0.25, -0.2) is 0 Å². The molecule has 0 aromatic rings. The van der Waals surface area contributed by atoms with Gasteiger partial charge < -0.3 is 10.5 Å². The summed E-state index contributed by atoms with van der Waals surface area (Å²) < 4.78 is 5.29. The van der Waals surface area contributed by atoms with E-state index in [1.807, 2.05) is 0 Å². The summed E-state index contributed by atoms with van der Waals surface area (Å²) in [6.45, 7) is 5.31. The largest absolute Gasteiger partial charge is 0.379 e. The van der Waals surface area contributed by atoms with Crippen LogP contribution < -0.4 is 5.73 Å². The first-order valence-electron chi connectivity index (χ1n) is 4.90. The summed E-state index contributed by atoms with van der Waals surface area (Å²) in [5.74, 6) is 0.873. The van der Waals surface area contributed by atoms with E-state index in [9.17, 15) is 0 Å². The average molecular weight is 170 g/mol. The standard InChI is InChI=1S/C9H18N2O/c10-9-5-8(6-9)7-11-1-3-12-4-2-11/h8-9H,1-7,10H2. The van der Waals surface area contributed by atoms with Gasteiger partial charge in [-0.3, -0.25) is 4.90 Å². The van der Waals surface area contributed by atoms with Crippen LogP contribution in [0.5, 0.6) is 0 Å². The molecule has 0 unspecified atom stereocenters. The molecule has 70 valence electrons. The number of hydrogen-bond donors (Lipinski definition) is 1. The lowest BCUT2D eigenvalue weighted by atomic mass is 9.80. The van der Waals surface area contributed by atoms with Crippen molar-refractivity contribution >= 4 is 0 Å². The van der Waals surface area contributed by atoms with E-state index in [0.29, 0.717) is 6.04 Å². The summed E-state index contributed by atoms with van der Waals surface area (Å²) in [4.78, 5) is 2.50. The molecule has 3 nitrogen and oxygen atoms in total. The van der Waals surface area contributed by atoms with Crippen molar-refractivity contribution in [2.24, 2.45) is 11.7 Å². The molecule has 0 amide bonds. The fourth-order valence-electron chi connectivity index (χ4n) is 2.09. The van der Waals surface area contributed by atoms with Gasteiger partial charge in [0, 0.05) is 25.7 Å². The molecule has 2 fully saturated rings. The van der Waals surface area contributed by atoms with Crippen LogP contribution >= 0.6 is 0 Å². The van der Waals surface area contributed by atoms with Crippen LogP contribution in [0.15, 0.2) is 0 Å². The molecule has 2 N–H and O–H groups in total. The zero-order valence-corrected chi connectivity index (χ0v) is 7.54. The maximum Gasteiger partial charge on any atom is 0.0594 e. The van der Waals surface area contributed by atoms with Crippen molar-refractivity contribution in [1.82, 2.24) is 4.90 Å². The third-order valence-corrected chi connectivity index (χ3v) is 2.89. The second-order valence-electron chi connectivity index (χ2n) is 4.01. The number of nitrogens with two attached hydrogens (primary N) is 1. The summed E-state index contributed by atoms with van der Waals surface area (Å²) in [5, 5.41) is 0. The molecule has 2 aliphatic rings. The van der Waals surface area contributed by atoms with Crippen LogP contribution in [0.1, 0.15) is 12.8 Å². The van der Waals surface area contributed by atoms with E-state index in [-0.39, 0.29) is 0 Å². The summed E-state index contributed by atoms with van der Waals surface area (Å²) in [6.07, 6.45) is 2.47. The molecule has 0 atom stereocenters. The van der Waals surface area contributed by atoms with E-state index in [0.717, 1.165) is 32.2 Å². The van der Waals surface area contributed by atoms with Crippen molar-refractivity contribution < 1.29 is 4.74 Å². The third-order valence-electron chi connectivity index (χ3n) is 2.89. The second kappa shape index (κ2) is 3.73. The number of ether oxygens (including phenoxy) is 1. The monoisotopic (exact) mass is 170 g/mol. The Morgan fingerprint density at radius 3 is 2.50 bits per heavy atom. The first-order chi connectivity index (χ1) is 5.84. The van der Waals surface area contributed by atoms with Gasteiger partial charge in [0.05, 0.1) is 13.2 Å². The van der Waals surface area contributed by atoms with Crippen molar-refractivity contribution in [1.29, 1.82) is 0 Å². The topological polar surface area (TPSA) is 38.5 Å². The van der Waals surface area contributed by atoms with Crippen molar-refractivity contribution in [3.05, 3.63) is 0 Å². The van der Waals surface area contributed by atoms with E-state index in [1.54, 1.807) is 0 Å². The molecule has 1 heterocycles. The normalized spacial score (nSPS) is 37.8. The fraction of sp³-hybridized carbons (Fsp3) is 1.00. The Morgan fingerprint density at radius 2 is 1.92 bits per heavy atom. The molecule has 1 saturated heterocycles. The van der Waals surface area contributed by atoms with Gasteiger partial charge in [0.15, 0.2) is 0 Å². The van der Waals surface area contributed by atoms with Crippen LogP contribution in [0.4, 0.5) is 0 Å². The number of nitrogens with zero attached hydrogens (tertiary/aromatic N) is 1. The minimum Gasteiger partial charge on any atom is -0.379 e. The first-order valence-corrected chi connectivity index (χ1v) is 4.90. The summed E-state index contributed by atoms with van der Waals surface area (Å²) in [7, 11) is 0. The minimum absolute atomic E-state index is 0.496. The highest BCUT2D eigenvalue weighted by molar-refractivity contribution is 4.84. The molecule has 0 bridgehead atoms. The van der Waals surface area contributed by atoms with Gasteiger partial charge in [0.25, 0.3) is 0 Å². The lowest BCUT2D eigenvalue weighted by Crippen LogP contribution is -2.46. The Bertz CT molecular complexity index is 139. The fourth-order valence-corrected chi connectivity index (χ4v) is 2.09. The lowest BCUT2D eigenvalue weighted by Gasteiger charge is -2.37. The molecule has 0 radical (unpaired) electrons. The van der Waals surface area contributed by atoms with Gasteiger partial charge in [-0.05, 0) is 18.8 Å². The van der Waals surface area contributed by atoms with Crippen molar-refractivity contribution in [3.63, 3.8) is 0 Å². The van der Waals surface area contributed by atoms with E-state index in [2.05, 4.69) is 4.90 Å². The van der Waals surface area contributed by atoms with Crippen LogP contribution in [0.25, 0.3) is 0 Å². The number of rotatable bonds is 2. The zero-order chi connectivity index (χ0) is 8.39. The molecule has 12 heavy (non-hydrogen) atoms. The van der Waals surface area contributed by atoms with E-state index < -0.39 is 0 Å². The Labute approximate surface area is 73.9 Å². The number of hydrogen-bond acceptors (Lipinski definition) is 3. The van der Waals surface area contributed by atoms with Gasteiger partial charge in [-0.2, -0.15) is 0 Å². The molecule has 1 aliphatic heterocycles. The second-order valence-corrected chi connectivity index (χ2v) is 4.01. The van der Waals surface area contributed by atoms with Crippen LogP contribution in [-0.4, -0.2) is 43.8 Å². The molecular formula is C9H18N2O. The summed E-state index contributed by atoms with van der Waals surface area (Å²) in [5.41, 5.74) is 5.73. The van der Waals surface area contributed by atoms with Gasteiger partial charge in [-0.15, -0.1) is 0 Å². The highest BCUT2D eigenvalue weighted by atomic mass is 16.5. The number of morpholine rings is 1. The third kappa shape index (κ3) is 1.97. The van der Waals surface area contributed by atoms with Crippen molar-refractivity contribution in [2.75, 3.05) is 32.8 Å². The van der Waals surface area contributed by atoms with Crippen molar-refractivity contribution in [2.45, 2.75) is 18.9 Å². The van der Waals surface area contributed by atoms with Gasteiger partial charge in [0.1, 0.15) is 0 Å². The van der Waals surface area contributed by atoms with Crippen LogP contribution in [-0.2, 0) is 4.74 Å². The predicted octanol–water partition coefficient (Wildman–Crippen LogP) is 0.0559. The molecule has 0 aromatic heterocycles. The Morgan fingerprint density at radius 1 is 1.25 bits per heavy atom. The molecule has 1 saturated carbocycles. The maximum absolute atomic E-state index is 5.73. The average Bonchev–Trinajstić information content (AvgIpc) is 2.04. The van der Waals surface area contributed by atoms with Crippen LogP contribution in [0, 0.1) is 5.92 Å². The molecule has 0 aromatic carbocycles. The van der Waals surface area contributed by atoms with Gasteiger partial charge in [-0.1, -0.05) is 0 Å². The Kier molecular flexibility index (Phi) is 2.63. The highest BCUT2D eigenvalue weighted by Crippen LogP contribution is 2.26. The molecule has 2 rings (SSSR count). The molecule has 3 heteroatoms. The van der Waals surface area contributed by atoms with Crippen molar-refractivity contribution in [3.8, 4) is 0 Å². The zero-order valence-electron chi connectivity index (χ0n) is 7.54. The smallest absolute Gasteiger partial charge is 0.0594 e. The maximum atomic E-state index is 5.73. The molecule has 0 spiro atoms.